The van der Waals surface area contributed by atoms with Gasteiger partial charge >= 0.3 is 0 Å². The first-order valence-electron chi connectivity index (χ1n) is 7.62. The standard InChI is InChI=1S/C16H23NO4/c1-12-14(5-8-20-12)15(18)17-7-9-21-16(11-17)6-3-4-13(16)10-19-2/h5,8,13H,3-4,6-7,9-11H2,1-2H3/t13-,16+/m0/s1. The summed E-state index contributed by atoms with van der Waals surface area (Å²) < 4.78 is 16.7. The van der Waals surface area contributed by atoms with Gasteiger partial charge in [-0.05, 0) is 25.8 Å². The van der Waals surface area contributed by atoms with E-state index in [9.17, 15) is 4.79 Å². The monoisotopic (exact) mass is 293 g/mol. The summed E-state index contributed by atoms with van der Waals surface area (Å²) in [5.41, 5.74) is 0.440. The first-order chi connectivity index (χ1) is 10.2. The fraction of sp³-hybridized carbons (Fsp3) is 0.688. The Morgan fingerprint density at radius 2 is 2.43 bits per heavy atom. The topological polar surface area (TPSA) is 51.9 Å². The number of carbonyl (C=O) groups is 1. The molecule has 0 bridgehead atoms. The minimum absolute atomic E-state index is 0.0481. The van der Waals surface area contributed by atoms with Crippen LogP contribution in [0.2, 0.25) is 0 Å². The van der Waals surface area contributed by atoms with Crippen LogP contribution in [0.5, 0.6) is 0 Å². The molecule has 1 saturated heterocycles. The molecule has 1 saturated carbocycles. The van der Waals surface area contributed by atoms with Crippen LogP contribution in [-0.4, -0.2) is 49.8 Å². The third kappa shape index (κ3) is 2.60. The number of methoxy groups -OCH3 is 1. The zero-order valence-corrected chi connectivity index (χ0v) is 12.8. The summed E-state index contributed by atoms with van der Waals surface area (Å²) in [6, 6.07) is 1.75. The highest BCUT2D eigenvalue weighted by Gasteiger charge is 2.47. The van der Waals surface area contributed by atoms with Gasteiger partial charge in [0.2, 0.25) is 0 Å². The maximum absolute atomic E-state index is 12.7. The molecule has 0 aromatic carbocycles. The van der Waals surface area contributed by atoms with Crippen molar-refractivity contribution < 1.29 is 18.7 Å². The Morgan fingerprint density at radius 3 is 3.14 bits per heavy atom. The van der Waals surface area contributed by atoms with Crippen molar-refractivity contribution in [2.75, 3.05) is 33.4 Å². The van der Waals surface area contributed by atoms with E-state index in [-0.39, 0.29) is 11.5 Å². The number of carbonyl (C=O) groups excluding carboxylic acids is 1. The minimum Gasteiger partial charge on any atom is -0.469 e. The summed E-state index contributed by atoms with van der Waals surface area (Å²) in [7, 11) is 1.73. The number of nitrogens with zero attached hydrogens (tertiary/aromatic N) is 1. The zero-order chi connectivity index (χ0) is 14.9. The lowest BCUT2D eigenvalue weighted by atomic mass is 9.89. The van der Waals surface area contributed by atoms with Gasteiger partial charge < -0.3 is 18.8 Å². The van der Waals surface area contributed by atoms with E-state index in [4.69, 9.17) is 13.9 Å². The van der Waals surface area contributed by atoms with E-state index in [0.717, 1.165) is 19.3 Å². The summed E-state index contributed by atoms with van der Waals surface area (Å²) in [5.74, 6) is 1.11. The van der Waals surface area contributed by atoms with Gasteiger partial charge in [-0.3, -0.25) is 4.79 Å². The molecular weight excluding hydrogens is 270 g/mol. The van der Waals surface area contributed by atoms with E-state index in [2.05, 4.69) is 0 Å². The average Bonchev–Trinajstić information content (AvgIpc) is 3.06. The van der Waals surface area contributed by atoms with Gasteiger partial charge in [0.15, 0.2) is 0 Å². The fourth-order valence-electron chi connectivity index (χ4n) is 3.71. The molecule has 0 radical (unpaired) electrons. The molecule has 21 heavy (non-hydrogen) atoms. The van der Waals surface area contributed by atoms with Crippen molar-refractivity contribution in [3.05, 3.63) is 23.7 Å². The molecule has 1 aliphatic carbocycles. The number of hydrogen-bond acceptors (Lipinski definition) is 4. The number of morpholine rings is 1. The molecule has 2 atom stereocenters. The van der Waals surface area contributed by atoms with Crippen LogP contribution in [0.4, 0.5) is 0 Å². The summed E-state index contributed by atoms with van der Waals surface area (Å²) in [4.78, 5) is 14.6. The van der Waals surface area contributed by atoms with Gasteiger partial charge in [-0.15, -0.1) is 0 Å². The summed E-state index contributed by atoms with van der Waals surface area (Å²) in [6.45, 7) is 4.43. The number of hydrogen-bond donors (Lipinski definition) is 0. The number of furan rings is 1. The lowest BCUT2D eigenvalue weighted by Gasteiger charge is -2.44. The van der Waals surface area contributed by atoms with Crippen molar-refractivity contribution in [2.45, 2.75) is 31.8 Å². The van der Waals surface area contributed by atoms with Gasteiger partial charge in [0.1, 0.15) is 5.76 Å². The lowest BCUT2D eigenvalue weighted by Crippen LogP contribution is -2.56. The Kier molecular flexibility index (Phi) is 4.04. The quantitative estimate of drug-likeness (QED) is 0.857. The second-order valence-corrected chi connectivity index (χ2v) is 6.07. The second-order valence-electron chi connectivity index (χ2n) is 6.07. The van der Waals surface area contributed by atoms with E-state index in [0.29, 0.717) is 43.5 Å². The maximum atomic E-state index is 12.7. The van der Waals surface area contributed by atoms with Crippen molar-refractivity contribution in [3.63, 3.8) is 0 Å². The molecule has 2 fully saturated rings. The summed E-state index contributed by atoms with van der Waals surface area (Å²) in [5, 5.41) is 0. The first-order valence-corrected chi connectivity index (χ1v) is 7.62. The molecule has 5 nitrogen and oxygen atoms in total. The predicted molar refractivity (Wildman–Crippen MR) is 77.2 cm³/mol. The molecule has 1 spiro atoms. The van der Waals surface area contributed by atoms with Crippen molar-refractivity contribution >= 4 is 5.91 Å². The predicted octanol–water partition coefficient (Wildman–Crippen LogP) is 2.25. The molecule has 2 heterocycles. The smallest absolute Gasteiger partial charge is 0.257 e. The molecule has 0 unspecified atom stereocenters. The van der Waals surface area contributed by atoms with Crippen LogP contribution in [0.3, 0.4) is 0 Å². The molecule has 1 aromatic rings. The van der Waals surface area contributed by atoms with Gasteiger partial charge in [0.25, 0.3) is 5.91 Å². The van der Waals surface area contributed by atoms with E-state index < -0.39 is 0 Å². The van der Waals surface area contributed by atoms with E-state index in [1.807, 2.05) is 11.8 Å². The Balaban J connectivity index is 1.77. The second kappa shape index (κ2) is 5.81. The van der Waals surface area contributed by atoms with E-state index in [1.165, 1.54) is 0 Å². The Labute approximate surface area is 125 Å². The van der Waals surface area contributed by atoms with Crippen molar-refractivity contribution in [1.82, 2.24) is 4.90 Å². The van der Waals surface area contributed by atoms with Crippen LogP contribution < -0.4 is 0 Å². The highest BCUT2D eigenvalue weighted by Crippen LogP contribution is 2.41. The lowest BCUT2D eigenvalue weighted by molar-refractivity contribution is -0.130. The van der Waals surface area contributed by atoms with Crippen molar-refractivity contribution in [1.29, 1.82) is 0 Å². The molecule has 1 aliphatic heterocycles. The van der Waals surface area contributed by atoms with Crippen LogP contribution in [0.25, 0.3) is 0 Å². The third-order valence-electron chi connectivity index (χ3n) is 4.85. The van der Waals surface area contributed by atoms with Gasteiger partial charge in [-0.1, -0.05) is 6.42 Å². The highest BCUT2D eigenvalue weighted by atomic mass is 16.5. The SMILES string of the molecule is COC[C@@H]1CCC[C@@]12CN(C(=O)c1ccoc1C)CCO2. The largest absolute Gasteiger partial charge is 0.469 e. The molecule has 5 heteroatoms. The number of ether oxygens (including phenoxy) is 2. The number of aryl methyl sites for hydroxylation is 1. The average molecular weight is 293 g/mol. The Morgan fingerprint density at radius 1 is 1.57 bits per heavy atom. The van der Waals surface area contributed by atoms with Crippen molar-refractivity contribution in [3.8, 4) is 0 Å². The summed E-state index contributed by atoms with van der Waals surface area (Å²) in [6.07, 6.45) is 4.83. The maximum Gasteiger partial charge on any atom is 0.257 e. The highest BCUT2D eigenvalue weighted by molar-refractivity contribution is 5.95. The van der Waals surface area contributed by atoms with Crippen molar-refractivity contribution in [2.24, 2.45) is 5.92 Å². The normalized spacial score (nSPS) is 29.2. The zero-order valence-electron chi connectivity index (χ0n) is 12.8. The molecular formula is C16H23NO4. The number of amides is 1. The minimum atomic E-state index is -0.221. The van der Waals surface area contributed by atoms with Crippen LogP contribution in [0.1, 0.15) is 35.4 Å². The van der Waals surface area contributed by atoms with Crippen LogP contribution >= 0.6 is 0 Å². The number of rotatable bonds is 3. The molecule has 1 amide bonds. The van der Waals surface area contributed by atoms with E-state index in [1.54, 1.807) is 19.4 Å². The van der Waals surface area contributed by atoms with Crippen LogP contribution in [0.15, 0.2) is 16.7 Å². The van der Waals surface area contributed by atoms with Crippen LogP contribution in [-0.2, 0) is 9.47 Å². The van der Waals surface area contributed by atoms with Gasteiger partial charge in [-0.25, -0.2) is 0 Å². The molecule has 3 rings (SSSR count). The molecule has 2 aliphatic rings. The first kappa shape index (κ1) is 14.6. The van der Waals surface area contributed by atoms with E-state index >= 15 is 0 Å². The van der Waals surface area contributed by atoms with Crippen LogP contribution in [0, 0.1) is 12.8 Å². The third-order valence-corrected chi connectivity index (χ3v) is 4.85. The molecule has 116 valence electrons. The van der Waals surface area contributed by atoms with Gasteiger partial charge in [0, 0.05) is 19.6 Å². The molecule has 1 aromatic heterocycles. The Bertz CT molecular complexity index is 512. The summed E-state index contributed by atoms with van der Waals surface area (Å²) >= 11 is 0. The van der Waals surface area contributed by atoms with Gasteiger partial charge in [0.05, 0.1) is 37.2 Å². The molecule has 0 N–H and O–H groups in total. The fourth-order valence-corrected chi connectivity index (χ4v) is 3.71. The van der Waals surface area contributed by atoms with Gasteiger partial charge in [-0.2, -0.15) is 0 Å². The Hall–Kier alpha value is -1.33.